The van der Waals surface area contributed by atoms with Crippen LogP contribution in [0.25, 0.3) is 0 Å². The van der Waals surface area contributed by atoms with E-state index < -0.39 is 5.60 Å². The maximum absolute atomic E-state index is 9.92. The molecule has 1 aliphatic rings. The fraction of sp³-hybridized carbons (Fsp3) is 0.583. The van der Waals surface area contributed by atoms with Crippen LogP contribution in [0.3, 0.4) is 0 Å². The first-order valence-corrected chi connectivity index (χ1v) is 5.74. The van der Waals surface area contributed by atoms with Crippen molar-refractivity contribution in [3.8, 4) is 5.88 Å². The fourth-order valence-corrected chi connectivity index (χ4v) is 1.86. The van der Waals surface area contributed by atoms with Crippen LogP contribution in [0, 0.1) is 0 Å². The van der Waals surface area contributed by atoms with Crippen LogP contribution >= 0.6 is 0 Å². The highest BCUT2D eigenvalue weighted by atomic mass is 16.5. The minimum Gasteiger partial charge on any atom is -0.478 e. The highest BCUT2D eigenvalue weighted by Gasteiger charge is 2.40. The topological polar surface area (TPSA) is 45.6 Å². The van der Waals surface area contributed by atoms with Crippen molar-refractivity contribution in [2.24, 2.45) is 0 Å². The van der Waals surface area contributed by atoms with Gasteiger partial charge in [0.05, 0.1) is 12.2 Å². The minimum absolute atomic E-state index is 0.525. The lowest BCUT2D eigenvalue weighted by Crippen LogP contribution is -2.61. The highest BCUT2D eigenvalue weighted by Crippen LogP contribution is 2.29. The molecule has 16 heavy (non-hydrogen) atoms. The average Bonchev–Trinajstić information content (AvgIpc) is 2.26. The van der Waals surface area contributed by atoms with E-state index in [1.54, 1.807) is 0 Å². The molecule has 4 heteroatoms. The van der Waals surface area contributed by atoms with Crippen LogP contribution in [0.4, 0.5) is 5.82 Å². The molecule has 0 aromatic carbocycles. The third-order valence-electron chi connectivity index (χ3n) is 2.95. The third-order valence-corrected chi connectivity index (χ3v) is 2.95. The quantitative estimate of drug-likeness (QED) is 0.837. The lowest BCUT2D eigenvalue weighted by Gasteiger charge is -2.46. The molecule has 1 aromatic rings. The van der Waals surface area contributed by atoms with E-state index in [-0.39, 0.29) is 0 Å². The average molecular weight is 222 g/mol. The van der Waals surface area contributed by atoms with Crippen LogP contribution in [-0.4, -0.2) is 35.4 Å². The summed E-state index contributed by atoms with van der Waals surface area (Å²) >= 11 is 0. The van der Waals surface area contributed by atoms with Gasteiger partial charge in [-0.15, -0.1) is 0 Å². The smallest absolute Gasteiger partial charge is 0.215 e. The Balaban J connectivity index is 2.03. The van der Waals surface area contributed by atoms with Gasteiger partial charge in [0.25, 0.3) is 0 Å². The van der Waals surface area contributed by atoms with E-state index in [0.717, 1.165) is 12.2 Å². The van der Waals surface area contributed by atoms with Gasteiger partial charge in [0.2, 0.25) is 5.88 Å². The van der Waals surface area contributed by atoms with Crippen molar-refractivity contribution in [1.82, 2.24) is 4.98 Å². The number of pyridine rings is 1. The molecule has 0 radical (unpaired) electrons. The molecule has 1 N–H and O–H groups in total. The van der Waals surface area contributed by atoms with E-state index in [4.69, 9.17) is 4.74 Å². The van der Waals surface area contributed by atoms with Crippen LogP contribution < -0.4 is 9.64 Å². The molecule has 0 bridgehead atoms. The molecule has 2 rings (SSSR count). The second kappa shape index (κ2) is 4.29. The Bertz CT molecular complexity index is 362. The van der Waals surface area contributed by atoms with Gasteiger partial charge in [-0.2, -0.15) is 4.98 Å². The van der Waals surface area contributed by atoms with Crippen molar-refractivity contribution < 1.29 is 9.84 Å². The summed E-state index contributed by atoms with van der Waals surface area (Å²) in [6, 6.07) is 5.72. The van der Waals surface area contributed by atoms with Gasteiger partial charge < -0.3 is 14.7 Å². The van der Waals surface area contributed by atoms with E-state index >= 15 is 0 Å². The maximum atomic E-state index is 9.92. The van der Waals surface area contributed by atoms with E-state index in [1.807, 2.05) is 32.0 Å². The molecule has 0 spiro atoms. The number of hydrogen-bond acceptors (Lipinski definition) is 4. The first-order valence-electron chi connectivity index (χ1n) is 5.74. The number of aliphatic hydroxyl groups is 1. The molecule has 1 saturated heterocycles. The Morgan fingerprint density at radius 3 is 2.81 bits per heavy atom. The zero-order valence-electron chi connectivity index (χ0n) is 9.81. The molecule has 0 saturated carbocycles. The summed E-state index contributed by atoms with van der Waals surface area (Å²) in [5.74, 6) is 1.52. The molecule has 2 heterocycles. The minimum atomic E-state index is -0.525. The van der Waals surface area contributed by atoms with E-state index in [2.05, 4.69) is 9.88 Å². The summed E-state index contributed by atoms with van der Waals surface area (Å²) in [7, 11) is 0. The van der Waals surface area contributed by atoms with Crippen molar-refractivity contribution in [2.45, 2.75) is 25.9 Å². The summed E-state index contributed by atoms with van der Waals surface area (Å²) in [6.07, 6.45) is 0.786. The SMILES string of the molecule is CCOc1cccc(N2CC(O)(CC)C2)n1. The van der Waals surface area contributed by atoms with Crippen molar-refractivity contribution >= 4 is 5.82 Å². The zero-order valence-corrected chi connectivity index (χ0v) is 9.81. The van der Waals surface area contributed by atoms with Crippen molar-refractivity contribution in [3.05, 3.63) is 18.2 Å². The molecule has 4 nitrogen and oxygen atoms in total. The predicted octanol–water partition coefficient (Wildman–Crippen LogP) is 1.44. The normalized spacial score (nSPS) is 18.1. The molecular weight excluding hydrogens is 204 g/mol. The number of nitrogens with zero attached hydrogens (tertiary/aromatic N) is 2. The number of rotatable bonds is 4. The first-order chi connectivity index (χ1) is 7.67. The molecule has 0 aliphatic carbocycles. The van der Waals surface area contributed by atoms with Crippen LogP contribution in [0.1, 0.15) is 20.3 Å². The van der Waals surface area contributed by atoms with Gasteiger partial charge in [-0.05, 0) is 19.4 Å². The van der Waals surface area contributed by atoms with Gasteiger partial charge in [-0.1, -0.05) is 13.0 Å². The van der Waals surface area contributed by atoms with Gasteiger partial charge >= 0.3 is 0 Å². The summed E-state index contributed by atoms with van der Waals surface area (Å²) < 4.78 is 5.34. The molecule has 88 valence electrons. The van der Waals surface area contributed by atoms with E-state index in [1.165, 1.54) is 0 Å². The van der Waals surface area contributed by atoms with Crippen molar-refractivity contribution in [2.75, 3.05) is 24.6 Å². The van der Waals surface area contributed by atoms with Crippen molar-refractivity contribution in [1.29, 1.82) is 0 Å². The Hall–Kier alpha value is -1.29. The van der Waals surface area contributed by atoms with Crippen LogP contribution in [0.15, 0.2) is 18.2 Å². The highest BCUT2D eigenvalue weighted by molar-refractivity contribution is 5.45. The summed E-state index contributed by atoms with van der Waals surface area (Å²) in [6.45, 7) is 5.88. The largest absolute Gasteiger partial charge is 0.478 e. The molecule has 1 aliphatic heterocycles. The molecule has 0 unspecified atom stereocenters. The van der Waals surface area contributed by atoms with Gasteiger partial charge in [-0.3, -0.25) is 0 Å². The monoisotopic (exact) mass is 222 g/mol. The number of ether oxygens (including phenoxy) is 1. The van der Waals surface area contributed by atoms with Gasteiger partial charge in [0.15, 0.2) is 0 Å². The summed E-state index contributed by atoms with van der Waals surface area (Å²) in [5, 5.41) is 9.92. The third kappa shape index (κ3) is 2.11. The molecule has 0 amide bonds. The number of hydrogen-bond donors (Lipinski definition) is 1. The molecular formula is C12H18N2O2. The van der Waals surface area contributed by atoms with Gasteiger partial charge in [0, 0.05) is 19.2 Å². The fourth-order valence-electron chi connectivity index (χ4n) is 1.86. The Morgan fingerprint density at radius 1 is 1.44 bits per heavy atom. The second-order valence-electron chi connectivity index (χ2n) is 4.20. The van der Waals surface area contributed by atoms with Gasteiger partial charge in [-0.25, -0.2) is 0 Å². The lowest BCUT2D eigenvalue weighted by molar-refractivity contribution is 0.00800. The standard InChI is InChI=1S/C12H18N2O2/c1-3-12(15)8-14(9-12)10-6-5-7-11(13-10)16-4-2/h5-7,15H,3-4,8-9H2,1-2H3. The summed E-state index contributed by atoms with van der Waals surface area (Å²) in [5.41, 5.74) is -0.525. The van der Waals surface area contributed by atoms with E-state index in [9.17, 15) is 5.11 Å². The zero-order chi connectivity index (χ0) is 11.6. The molecule has 1 aromatic heterocycles. The lowest BCUT2D eigenvalue weighted by atomic mass is 9.91. The Labute approximate surface area is 95.9 Å². The number of anilines is 1. The first kappa shape index (κ1) is 11.2. The molecule has 1 fully saturated rings. The van der Waals surface area contributed by atoms with Crippen LogP contribution in [0.5, 0.6) is 5.88 Å². The Kier molecular flexibility index (Phi) is 3.01. The van der Waals surface area contributed by atoms with Crippen LogP contribution in [0.2, 0.25) is 0 Å². The van der Waals surface area contributed by atoms with Crippen LogP contribution in [-0.2, 0) is 0 Å². The second-order valence-corrected chi connectivity index (χ2v) is 4.20. The van der Waals surface area contributed by atoms with Gasteiger partial charge in [0.1, 0.15) is 5.82 Å². The molecule has 0 atom stereocenters. The summed E-state index contributed by atoms with van der Waals surface area (Å²) in [4.78, 5) is 6.44. The maximum Gasteiger partial charge on any atom is 0.215 e. The number of aromatic nitrogens is 1. The Morgan fingerprint density at radius 2 is 2.19 bits per heavy atom. The van der Waals surface area contributed by atoms with E-state index in [0.29, 0.717) is 25.6 Å². The van der Waals surface area contributed by atoms with Crippen molar-refractivity contribution in [3.63, 3.8) is 0 Å². The predicted molar refractivity (Wildman–Crippen MR) is 62.9 cm³/mol. The number of β-amino-alcohol motifs (C(OH)–C–C–N with tert-alkyl or cyclic N) is 1.